The second-order valence-electron chi connectivity index (χ2n) is 7.18. The van der Waals surface area contributed by atoms with Gasteiger partial charge in [-0.3, -0.25) is 10.1 Å². The number of amides is 1. The Labute approximate surface area is 204 Å². The quantitative estimate of drug-likeness (QED) is 0.292. The Hall–Kier alpha value is -3.53. The van der Waals surface area contributed by atoms with Gasteiger partial charge < -0.3 is 10.1 Å². The Balaban J connectivity index is 1.48. The summed E-state index contributed by atoms with van der Waals surface area (Å²) in [7, 11) is -3.61. The Morgan fingerprint density at radius 3 is 2.29 bits per heavy atom. The molecule has 0 bridgehead atoms. The minimum Gasteiger partial charge on any atom is -0.493 e. The van der Waals surface area contributed by atoms with Crippen LogP contribution in [0.1, 0.15) is 15.9 Å². The summed E-state index contributed by atoms with van der Waals surface area (Å²) in [4.78, 5) is 12.6. The van der Waals surface area contributed by atoms with Crippen LogP contribution in [0.2, 0.25) is 0 Å². The van der Waals surface area contributed by atoms with E-state index in [0.29, 0.717) is 23.6 Å². The number of anilines is 1. The lowest BCUT2D eigenvalue weighted by atomic mass is 10.2. The minimum atomic E-state index is -3.61. The van der Waals surface area contributed by atoms with Crippen molar-refractivity contribution in [3.8, 4) is 5.75 Å². The third kappa shape index (κ3) is 7.51. The van der Waals surface area contributed by atoms with E-state index in [4.69, 9.17) is 17.0 Å². The summed E-state index contributed by atoms with van der Waals surface area (Å²) in [5.41, 5.74) is 2.16. The summed E-state index contributed by atoms with van der Waals surface area (Å²) in [5.74, 6) is 0.298. The molecule has 0 unspecified atom stereocenters. The standard InChI is InChI=1S/C25H25N3O4S2/c1-2-17-26-34(30,31)23-14-10-21(11-15-23)27-25(33)28-24(29)20-8-12-22(13-9-20)32-18-16-19-6-4-3-5-7-19/h2-15,26H,1,16-18H2,(H2,27,28,29,33). The van der Waals surface area contributed by atoms with Crippen molar-refractivity contribution in [3.63, 3.8) is 0 Å². The van der Waals surface area contributed by atoms with Gasteiger partial charge in [-0.1, -0.05) is 36.4 Å². The number of sulfonamides is 1. The molecule has 0 aliphatic carbocycles. The SMILES string of the molecule is C=CCNS(=O)(=O)c1ccc(NC(=S)NC(=O)c2ccc(OCCc3ccccc3)cc2)cc1. The maximum absolute atomic E-state index is 12.5. The molecule has 0 aliphatic rings. The molecule has 0 spiro atoms. The van der Waals surface area contributed by atoms with Crippen LogP contribution < -0.4 is 20.1 Å². The molecule has 34 heavy (non-hydrogen) atoms. The predicted octanol–water partition coefficient (Wildman–Crippen LogP) is 3.90. The highest BCUT2D eigenvalue weighted by Crippen LogP contribution is 2.15. The zero-order chi connectivity index (χ0) is 24.4. The number of ether oxygens (including phenoxy) is 1. The van der Waals surface area contributed by atoms with Gasteiger partial charge in [0.15, 0.2) is 5.11 Å². The van der Waals surface area contributed by atoms with Crippen molar-refractivity contribution in [1.29, 1.82) is 0 Å². The van der Waals surface area contributed by atoms with Crippen LogP contribution in [-0.4, -0.2) is 32.6 Å². The minimum absolute atomic E-state index is 0.0913. The number of carbonyl (C=O) groups is 1. The summed E-state index contributed by atoms with van der Waals surface area (Å²) in [6.07, 6.45) is 2.25. The molecule has 0 atom stereocenters. The monoisotopic (exact) mass is 495 g/mol. The van der Waals surface area contributed by atoms with Crippen LogP contribution >= 0.6 is 12.2 Å². The van der Waals surface area contributed by atoms with E-state index in [0.717, 1.165) is 6.42 Å². The third-order valence-electron chi connectivity index (χ3n) is 4.69. The normalized spacial score (nSPS) is 10.8. The summed E-state index contributed by atoms with van der Waals surface area (Å²) in [5, 5.41) is 5.55. The summed E-state index contributed by atoms with van der Waals surface area (Å²) >= 11 is 5.20. The molecule has 7 nitrogen and oxygen atoms in total. The fourth-order valence-corrected chi connectivity index (χ4v) is 4.15. The van der Waals surface area contributed by atoms with E-state index in [2.05, 4.69) is 21.9 Å². The molecule has 9 heteroatoms. The molecule has 0 radical (unpaired) electrons. The highest BCUT2D eigenvalue weighted by molar-refractivity contribution is 7.89. The largest absolute Gasteiger partial charge is 0.493 e. The molecule has 3 rings (SSSR count). The molecular formula is C25H25N3O4S2. The molecule has 0 aliphatic heterocycles. The summed E-state index contributed by atoms with van der Waals surface area (Å²) in [6.45, 7) is 4.16. The van der Waals surface area contributed by atoms with Crippen LogP contribution in [0, 0.1) is 0 Å². The molecule has 1 amide bonds. The van der Waals surface area contributed by atoms with Crippen molar-refractivity contribution < 1.29 is 17.9 Å². The van der Waals surface area contributed by atoms with Gasteiger partial charge >= 0.3 is 0 Å². The maximum Gasteiger partial charge on any atom is 0.257 e. The molecule has 0 heterocycles. The van der Waals surface area contributed by atoms with Gasteiger partial charge in [0.2, 0.25) is 10.0 Å². The second-order valence-corrected chi connectivity index (χ2v) is 9.36. The number of rotatable bonds is 10. The smallest absolute Gasteiger partial charge is 0.257 e. The van der Waals surface area contributed by atoms with Crippen LogP contribution in [-0.2, 0) is 16.4 Å². The average molecular weight is 496 g/mol. The predicted molar refractivity (Wildman–Crippen MR) is 138 cm³/mol. The van der Waals surface area contributed by atoms with E-state index < -0.39 is 10.0 Å². The molecule has 0 fully saturated rings. The number of nitrogens with one attached hydrogen (secondary N) is 3. The molecule has 176 valence electrons. The Morgan fingerprint density at radius 2 is 1.65 bits per heavy atom. The van der Waals surface area contributed by atoms with Gasteiger partial charge in [-0.2, -0.15) is 0 Å². The molecule has 3 aromatic rings. The van der Waals surface area contributed by atoms with Crippen molar-refractivity contribution in [2.75, 3.05) is 18.5 Å². The number of hydrogen-bond acceptors (Lipinski definition) is 5. The molecular weight excluding hydrogens is 470 g/mol. The fraction of sp³-hybridized carbons (Fsp3) is 0.120. The Morgan fingerprint density at radius 1 is 0.971 bits per heavy atom. The van der Waals surface area contributed by atoms with Crippen LogP contribution in [0.3, 0.4) is 0 Å². The number of thiocarbonyl (C=S) groups is 1. The topological polar surface area (TPSA) is 96.5 Å². The molecule has 3 aromatic carbocycles. The first-order chi connectivity index (χ1) is 16.4. The van der Waals surface area contributed by atoms with Crippen LogP contribution in [0.25, 0.3) is 0 Å². The molecule has 3 N–H and O–H groups in total. The van der Waals surface area contributed by atoms with E-state index in [1.807, 2.05) is 30.3 Å². The zero-order valence-electron chi connectivity index (χ0n) is 18.4. The van der Waals surface area contributed by atoms with Gasteiger partial charge in [-0.15, -0.1) is 6.58 Å². The average Bonchev–Trinajstić information content (AvgIpc) is 2.84. The third-order valence-corrected chi connectivity index (χ3v) is 6.33. The van der Waals surface area contributed by atoms with Crippen LogP contribution in [0.5, 0.6) is 5.75 Å². The molecule has 0 saturated carbocycles. The van der Waals surface area contributed by atoms with Gasteiger partial charge in [0.1, 0.15) is 5.75 Å². The molecule has 0 saturated heterocycles. The van der Waals surface area contributed by atoms with Gasteiger partial charge in [0.05, 0.1) is 11.5 Å². The second kappa shape index (κ2) is 12.1. The first-order valence-electron chi connectivity index (χ1n) is 10.5. The number of benzene rings is 3. The number of hydrogen-bond donors (Lipinski definition) is 3. The lowest BCUT2D eigenvalue weighted by molar-refractivity contribution is 0.0977. The first-order valence-corrected chi connectivity index (χ1v) is 12.4. The summed E-state index contributed by atoms with van der Waals surface area (Å²) in [6, 6.07) is 22.8. The lowest BCUT2D eigenvalue weighted by Gasteiger charge is -2.11. The Bertz CT molecular complexity index is 1230. The van der Waals surface area contributed by atoms with Gasteiger partial charge in [0, 0.05) is 24.2 Å². The van der Waals surface area contributed by atoms with Crippen LogP contribution in [0.15, 0.2) is 96.4 Å². The number of carbonyl (C=O) groups excluding carboxylic acids is 1. The van der Waals surface area contributed by atoms with Crippen LogP contribution in [0.4, 0.5) is 5.69 Å². The van der Waals surface area contributed by atoms with Crippen molar-refractivity contribution in [2.24, 2.45) is 0 Å². The highest BCUT2D eigenvalue weighted by Gasteiger charge is 2.13. The van der Waals surface area contributed by atoms with E-state index in [1.165, 1.54) is 23.8 Å². The van der Waals surface area contributed by atoms with Crippen molar-refractivity contribution >= 4 is 38.9 Å². The van der Waals surface area contributed by atoms with Crippen molar-refractivity contribution in [3.05, 3.63) is 103 Å². The highest BCUT2D eigenvalue weighted by atomic mass is 32.2. The van der Waals surface area contributed by atoms with Gasteiger partial charge in [-0.05, 0) is 66.3 Å². The lowest BCUT2D eigenvalue weighted by Crippen LogP contribution is -2.34. The van der Waals surface area contributed by atoms with Crippen molar-refractivity contribution in [1.82, 2.24) is 10.0 Å². The summed E-state index contributed by atoms with van der Waals surface area (Å²) < 4.78 is 32.3. The fourth-order valence-electron chi connectivity index (χ4n) is 2.94. The maximum atomic E-state index is 12.5. The Kier molecular flexibility index (Phi) is 8.92. The van der Waals surface area contributed by atoms with Crippen molar-refractivity contribution in [2.45, 2.75) is 11.3 Å². The zero-order valence-corrected chi connectivity index (χ0v) is 20.0. The van der Waals surface area contributed by atoms with Gasteiger partial charge in [0.25, 0.3) is 5.91 Å². The van der Waals surface area contributed by atoms with E-state index in [1.54, 1.807) is 36.4 Å². The van der Waals surface area contributed by atoms with Gasteiger partial charge in [-0.25, -0.2) is 13.1 Å². The van der Waals surface area contributed by atoms with E-state index >= 15 is 0 Å². The van der Waals surface area contributed by atoms with E-state index in [-0.39, 0.29) is 22.5 Å². The molecule has 0 aromatic heterocycles. The van der Waals surface area contributed by atoms with E-state index in [9.17, 15) is 13.2 Å². The first kappa shape index (κ1) is 25.1.